The molecule has 0 saturated carbocycles. The third kappa shape index (κ3) is 6.60. The number of ketones is 1. The van der Waals surface area contributed by atoms with Gasteiger partial charge in [0.1, 0.15) is 0 Å². The molecule has 0 fully saturated rings. The summed E-state index contributed by atoms with van der Waals surface area (Å²) < 4.78 is 0. The molecule has 0 rings (SSSR count). The lowest BCUT2D eigenvalue weighted by atomic mass is 10.1. The fraction of sp³-hybridized carbons (Fsp3) is 0.800. The van der Waals surface area contributed by atoms with E-state index in [2.05, 4.69) is 10.6 Å². The predicted octanol–water partition coefficient (Wildman–Crippen LogP) is 0.326. The van der Waals surface area contributed by atoms with Gasteiger partial charge in [-0.1, -0.05) is 27.7 Å². The van der Waals surface area contributed by atoms with E-state index in [-0.39, 0.29) is 36.7 Å². The van der Waals surface area contributed by atoms with Crippen molar-refractivity contribution >= 4 is 11.7 Å². The third-order valence-corrected chi connectivity index (χ3v) is 1.77. The molecule has 0 unspecified atom stereocenters. The summed E-state index contributed by atoms with van der Waals surface area (Å²) in [6, 6.07) is 0.279. The first kappa shape index (κ1) is 13.1. The van der Waals surface area contributed by atoms with Crippen LogP contribution in [0.4, 0.5) is 0 Å². The molecule has 0 spiro atoms. The molecule has 0 heterocycles. The average molecular weight is 200 g/mol. The minimum atomic E-state index is -0.132. The highest BCUT2D eigenvalue weighted by Crippen LogP contribution is 1.91. The first-order chi connectivity index (χ1) is 6.43. The molecule has 4 heteroatoms. The van der Waals surface area contributed by atoms with Gasteiger partial charge < -0.3 is 10.6 Å². The topological polar surface area (TPSA) is 58.2 Å². The van der Waals surface area contributed by atoms with E-state index in [0.29, 0.717) is 0 Å². The normalized spacial score (nSPS) is 10.7. The molecule has 0 aromatic rings. The lowest BCUT2D eigenvalue weighted by molar-refractivity contribution is -0.126. The van der Waals surface area contributed by atoms with Crippen molar-refractivity contribution in [3.8, 4) is 0 Å². The SMILES string of the molecule is CC(C)NCC(=O)NCC(=O)C(C)C. The summed E-state index contributed by atoms with van der Waals surface area (Å²) in [6.45, 7) is 7.97. The molecule has 0 saturated heterocycles. The standard InChI is InChI=1S/C10H20N2O2/c1-7(2)9(13)5-12-10(14)6-11-8(3)4/h7-8,11H,5-6H2,1-4H3,(H,12,14). The van der Waals surface area contributed by atoms with Crippen LogP contribution in [0.1, 0.15) is 27.7 Å². The number of carbonyl (C=O) groups is 2. The van der Waals surface area contributed by atoms with Gasteiger partial charge in [-0.15, -0.1) is 0 Å². The molecule has 0 radical (unpaired) electrons. The van der Waals surface area contributed by atoms with Crippen molar-refractivity contribution in [2.45, 2.75) is 33.7 Å². The van der Waals surface area contributed by atoms with E-state index >= 15 is 0 Å². The van der Waals surface area contributed by atoms with Crippen LogP contribution < -0.4 is 10.6 Å². The third-order valence-electron chi connectivity index (χ3n) is 1.77. The number of hydrogen-bond acceptors (Lipinski definition) is 3. The molecule has 2 N–H and O–H groups in total. The van der Waals surface area contributed by atoms with Crippen LogP contribution in [0.2, 0.25) is 0 Å². The van der Waals surface area contributed by atoms with E-state index in [1.807, 2.05) is 27.7 Å². The van der Waals surface area contributed by atoms with E-state index in [9.17, 15) is 9.59 Å². The number of hydrogen-bond donors (Lipinski definition) is 2. The molecule has 0 bridgehead atoms. The summed E-state index contributed by atoms with van der Waals surface area (Å²) in [6.07, 6.45) is 0. The Bertz CT molecular complexity index is 200. The second kappa shape index (κ2) is 6.54. The molecule has 1 amide bonds. The van der Waals surface area contributed by atoms with E-state index in [4.69, 9.17) is 0 Å². The molecule has 0 aromatic heterocycles. The molecular weight excluding hydrogens is 180 g/mol. The molecule has 82 valence electrons. The monoisotopic (exact) mass is 200 g/mol. The summed E-state index contributed by atoms with van der Waals surface area (Å²) in [5, 5.41) is 5.54. The quantitative estimate of drug-likeness (QED) is 0.649. The zero-order chi connectivity index (χ0) is 11.1. The summed E-state index contributed by atoms with van der Waals surface area (Å²) in [7, 11) is 0. The van der Waals surface area contributed by atoms with Gasteiger partial charge in [-0.25, -0.2) is 0 Å². The highest BCUT2D eigenvalue weighted by Gasteiger charge is 2.08. The van der Waals surface area contributed by atoms with E-state index < -0.39 is 0 Å². The number of nitrogens with one attached hydrogen (secondary N) is 2. The lowest BCUT2D eigenvalue weighted by Gasteiger charge is -2.09. The van der Waals surface area contributed by atoms with Crippen LogP contribution in [-0.4, -0.2) is 30.8 Å². The Balaban J connectivity index is 3.59. The van der Waals surface area contributed by atoms with Gasteiger partial charge in [0.25, 0.3) is 0 Å². The molecule has 0 atom stereocenters. The average Bonchev–Trinajstić information content (AvgIpc) is 2.10. The minimum absolute atomic E-state index is 0.0200. The van der Waals surface area contributed by atoms with Gasteiger partial charge in [0.05, 0.1) is 13.1 Å². The van der Waals surface area contributed by atoms with Crippen LogP contribution in [0.3, 0.4) is 0 Å². The number of rotatable bonds is 6. The van der Waals surface area contributed by atoms with Crippen molar-refractivity contribution in [3.63, 3.8) is 0 Å². The molecule has 0 aromatic carbocycles. The van der Waals surface area contributed by atoms with E-state index in [0.717, 1.165) is 0 Å². The predicted molar refractivity (Wildman–Crippen MR) is 56.0 cm³/mol. The number of carbonyl (C=O) groups excluding carboxylic acids is 2. The summed E-state index contributed by atoms with van der Waals surface area (Å²) in [5.74, 6) is -0.0936. The highest BCUT2D eigenvalue weighted by molar-refractivity contribution is 5.87. The second-order valence-electron chi connectivity index (χ2n) is 3.93. The molecule has 4 nitrogen and oxygen atoms in total. The van der Waals surface area contributed by atoms with Gasteiger partial charge in [-0.2, -0.15) is 0 Å². The maximum Gasteiger partial charge on any atom is 0.234 e. The summed E-state index contributed by atoms with van der Waals surface area (Å²) in [4.78, 5) is 22.3. The van der Waals surface area contributed by atoms with Crippen LogP contribution in [0.15, 0.2) is 0 Å². The van der Waals surface area contributed by atoms with Crippen molar-refractivity contribution in [2.24, 2.45) is 5.92 Å². The Kier molecular flexibility index (Phi) is 6.12. The Morgan fingerprint density at radius 1 is 1.07 bits per heavy atom. The van der Waals surface area contributed by atoms with Gasteiger partial charge in [0.15, 0.2) is 5.78 Å². The van der Waals surface area contributed by atoms with Gasteiger partial charge in [-0.3, -0.25) is 9.59 Å². The van der Waals surface area contributed by atoms with Crippen LogP contribution in [0, 0.1) is 5.92 Å². The van der Waals surface area contributed by atoms with Gasteiger partial charge >= 0.3 is 0 Å². The van der Waals surface area contributed by atoms with Gasteiger partial charge in [-0.05, 0) is 0 Å². The second-order valence-corrected chi connectivity index (χ2v) is 3.93. The van der Waals surface area contributed by atoms with Crippen LogP contribution in [0.25, 0.3) is 0 Å². The maximum atomic E-state index is 11.2. The van der Waals surface area contributed by atoms with E-state index in [1.165, 1.54) is 0 Å². The summed E-state index contributed by atoms with van der Waals surface area (Å²) >= 11 is 0. The Labute approximate surface area is 85.4 Å². The van der Waals surface area contributed by atoms with Gasteiger partial charge in [0, 0.05) is 12.0 Å². The Morgan fingerprint density at radius 3 is 2.07 bits per heavy atom. The molecule has 14 heavy (non-hydrogen) atoms. The zero-order valence-corrected chi connectivity index (χ0v) is 9.39. The first-order valence-electron chi connectivity index (χ1n) is 4.96. The van der Waals surface area contributed by atoms with Crippen molar-refractivity contribution < 1.29 is 9.59 Å². The molecule has 0 aliphatic rings. The highest BCUT2D eigenvalue weighted by atomic mass is 16.2. The Morgan fingerprint density at radius 2 is 1.64 bits per heavy atom. The van der Waals surface area contributed by atoms with Crippen molar-refractivity contribution in [1.82, 2.24) is 10.6 Å². The van der Waals surface area contributed by atoms with Gasteiger partial charge in [0.2, 0.25) is 5.91 Å². The van der Waals surface area contributed by atoms with Crippen molar-refractivity contribution in [2.75, 3.05) is 13.1 Å². The number of Topliss-reactive ketones (excluding diaryl/α,β-unsaturated/α-hetero) is 1. The Hall–Kier alpha value is -0.900. The fourth-order valence-corrected chi connectivity index (χ4v) is 0.749. The number of amides is 1. The lowest BCUT2D eigenvalue weighted by Crippen LogP contribution is -2.39. The van der Waals surface area contributed by atoms with Crippen LogP contribution in [0.5, 0.6) is 0 Å². The van der Waals surface area contributed by atoms with Crippen molar-refractivity contribution in [1.29, 1.82) is 0 Å². The molecule has 0 aliphatic carbocycles. The van der Waals surface area contributed by atoms with Crippen LogP contribution in [-0.2, 0) is 9.59 Å². The maximum absolute atomic E-state index is 11.2. The molecule has 0 aliphatic heterocycles. The largest absolute Gasteiger partial charge is 0.348 e. The first-order valence-corrected chi connectivity index (χ1v) is 4.96. The minimum Gasteiger partial charge on any atom is -0.348 e. The van der Waals surface area contributed by atoms with Crippen LogP contribution >= 0.6 is 0 Å². The van der Waals surface area contributed by atoms with E-state index in [1.54, 1.807) is 0 Å². The van der Waals surface area contributed by atoms with Crippen molar-refractivity contribution in [3.05, 3.63) is 0 Å². The molecular formula is C10H20N2O2. The smallest absolute Gasteiger partial charge is 0.234 e. The fourth-order valence-electron chi connectivity index (χ4n) is 0.749. The summed E-state index contributed by atoms with van der Waals surface area (Å²) in [5.41, 5.74) is 0. The zero-order valence-electron chi connectivity index (χ0n) is 9.39.